The van der Waals surface area contributed by atoms with E-state index < -0.39 is 10.0 Å². The van der Waals surface area contributed by atoms with Crippen LogP contribution >= 0.6 is 22.9 Å². The monoisotopic (exact) mass is 396 g/mol. The van der Waals surface area contributed by atoms with Crippen molar-refractivity contribution in [1.29, 1.82) is 0 Å². The van der Waals surface area contributed by atoms with E-state index in [0.29, 0.717) is 15.6 Å². The standard InChI is InChI=1S/C17H17ClN2O3S2/c1-3-8-20(10-12-4-7-16(18)24-12)25(22,23)13-5-6-15-14(9-13)11(2)17(21)19-15/h3-7,9,11H,1,8,10H2,2H3,(H,19,21)/t11-/m0/s1. The van der Waals surface area contributed by atoms with Gasteiger partial charge in [0.15, 0.2) is 0 Å². The van der Waals surface area contributed by atoms with E-state index in [9.17, 15) is 13.2 Å². The summed E-state index contributed by atoms with van der Waals surface area (Å²) in [6, 6.07) is 8.28. The number of anilines is 1. The molecular formula is C17H17ClN2O3S2. The minimum absolute atomic E-state index is 0.124. The van der Waals surface area contributed by atoms with Crippen molar-refractivity contribution in [3.8, 4) is 0 Å². The van der Waals surface area contributed by atoms with Crippen molar-refractivity contribution in [2.24, 2.45) is 0 Å². The SMILES string of the molecule is C=CCN(Cc1ccc(Cl)s1)S(=O)(=O)c1ccc2c(c1)[C@H](C)C(=O)N2. The Morgan fingerprint density at radius 1 is 1.36 bits per heavy atom. The molecule has 132 valence electrons. The van der Waals surface area contributed by atoms with E-state index in [1.165, 1.54) is 21.7 Å². The van der Waals surface area contributed by atoms with E-state index in [1.54, 1.807) is 31.2 Å². The highest BCUT2D eigenvalue weighted by Gasteiger charge is 2.30. The van der Waals surface area contributed by atoms with Gasteiger partial charge in [-0.2, -0.15) is 4.31 Å². The Morgan fingerprint density at radius 3 is 2.76 bits per heavy atom. The largest absolute Gasteiger partial charge is 0.325 e. The third-order valence-electron chi connectivity index (χ3n) is 4.07. The van der Waals surface area contributed by atoms with Gasteiger partial charge in [0, 0.05) is 23.7 Å². The lowest BCUT2D eigenvalue weighted by Crippen LogP contribution is -2.30. The van der Waals surface area contributed by atoms with Crippen LogP contribution in [0.3, 0.4) is 0 Å². The number of amides is 1. The van der Waals surface area contributed by atoms with Gasteiger partial charge in [0.2, 0.25) is 15.9 Å². The fourth-order valence-corrected chi connectivity index (χ4v) is 5.32. The molecule has 2 aromatic rings. The van der Waals surface area contributed by atoms with Crippen LogP contribution in [0.2, 0.25) is 4.34 Å². The molecule has 1 atom stereocenters. The summed E-state index contributed by atoms with van der Waals surface area (Å²) in [7, 11) is -3.73. The molecule has 1 amide bonds. The third kappa shape index (κ3) is 3.50. The summed E-state index contributed by atoms with van der Waals surface area (Å²) in [6.45, 7) is 5.81. The van der Waals surface area contributed by atoms with Crippen LogP contribution in [0.4, 0.5) is 5.69 Å². The van der Waals surface area contributed by atoms with Crippen LogP contribution in [0, 0.1) is 0 Å². The summed E-state index contributed by atoms with van der Waals surface area (Å²) in [4.78, 5) is 12.8. The van der Waals surface area contributed by atoms with E-state index >= 15 is 0 Å². The average molecular weight is 397 g/mol. The number of thiophene rings is 1. The minimum atomic E-state index is -3.73. The number of nitrogens with zero attached hydrogens (tertiary/aromatic N) is 1. The second-order valence-electron chi connectivity index (χ2n) is 5.75. The van der Waals surface area contributed by atoms with Gasteiger partial charge < -0.3 is 5.32 Å². The number of carbonyl (C=O) groups is 1. The topological polar surface area (TPSA) is 66.5 Å². The molecule has 5 nitrogen and oxygen atoms in total. The zero-order chi connectivity index (χ0) is 18.2. The first kappa shape index (κ1) is 18.1. The van der Waals surface area contributed by atoms with Crippen molar-refractivity contribution in [2.75, 3.05) is 11.9 Å². The Kier molecular flexibility index (Phi) is 5.02. The van der Waals surface area contributed by atoms with Crippen LogP contribution in [0.1, 0.15) is 23.3 Å². The Hall–Kier alpha value is -1.67. The predicted molar refractivity (Wildman–Crippen MR) is 101 cm³/mol. The molecule has 8 heteroatoms. The van der Waals surface area contributed by atoms with Gasteiger partial charge in [-0.05, 0) is 42.8 Å². The van der Waals surface area contributed by atoms with Crippen LogP contribution in [0.5, 0.6) is 0 Å². The molecular weight excluding hydrogens is 380 g/mol. The van der Waals surface area contributed by atoms with Crippen molar-refractivity contribution < 1.29 is 13.2 Å². The first-order valence-electron chi connectivity index (χ1n) is 7.63. The molecule has 0 aliphatic carbocycles. The Labute approximate surface area is 156 Å². The number of sulfonamides is 1. The predicted octanol–water partition coefficient (Wildman–Crippen LogP) is 3.83. The van der Waals surface area contributed by atoms with Gasteiger partial charge in [-0.1, -0.05) is 17.7 Å². The van der Waals surface area contributed by atoms with E-state index in [0.717, 1.165) is 4.88 Å². The number of benzene rings is 1. The molecule has 0 unspecified atom stereocenters. The second kappa shape index (κ2) is 6.92. The van der Waals surface area contributed by atoms with E-state index in [4.69, 9.17) is 11.6 Å². The molecule has 0 bridgehead atoms. The van der Waals surface area contributed by atoms with Gasteiger partial charge in [-0.15, -0.1) is 17.9 Å². The van der Waals surface area contributed by atoms with Crippen molar-refractivity contribution in [3.63, 3.8) is 0 Å². The zero-order valence-electron chi connectivity index (χ0n) is 13.5. The highest BCUT2D eigenvalue weighted by molar-refractivity contribution is 7.89. The van der Waals surface area contributed by atoms with Gasteiger partial charge in [0.05, 0.1) is 15.1 Å². The molecule has 0 radical (unpaired) electrons. The molecule has 25 heavy (non-hydrogen) atoms. The summed E-state index contributed by atoms with van der Waals surface area (Å²) >= 11 is 7.28. The van der Waals surface area contributed by atoms with Crippen molar-refractivity contribution in [3.05, 3.63) is 57.8 Å². The number of hydrogen-bond acceptors (Lipinski definition) is 4. The smallest absolute Gasteiger partial charge is 0.243 e. The lowest BCUT2D eigenvalue weighted by atomic mass is 10.0. The molecule has 1 aliphatic heterocycles. The summed E-state index contributed by atoms with van der Waals surface area (Å²) in [5, 5.41) is 2.75. The zero-order valence-corrected chi connectivity index (χ0v) is 15.9. The summed E-state index contributed by atoms with van der Waals surface area (Å²) < 4.78 is 28.1. The van der Waals surface area contributed by atoms with Gasteiger partial charge in [0.25, 0.3) is 0 Å². The Morgan fingerprint density at radius 2 is 2.12 bits per heavy atom. The second-order valence-corrected chi connectivity index (χ2v) is 9.49. The van der Waals surface area contributed by atoms with E-state index in [-0.39, 0.29) is 29.8 Å². The number of carbonyl (C=O) groups excluding carboxylic acids is 1. The van der Waals surface area contributed by atoms with Crippen molar-refractivity contribution in [2.45, 2.75) is 24.3 Å². The van der Waals surface area contributed by atoms with Crippen molar-refractivity contribution in [1.82, 2.24) is 4.31 Å². The van der Waals surface area contributed by atoms with Gasteiger partial charge >= 0.3 is 0 Å². The lowest BCUT2D eigenvalue weighted by Gasteiger charge is -2.20. The number of nitrogens with one attached hydrogen (secondary N) is 1. The van der Waals surface area contributed by atoms with E-state index in [1.807, 2.05) is 6.07 Å². The third-order valence-corrected chi connectivity index (χ3v) is 7.10. The van der Waals surface area contributed by atoms with Gasteiger partial charge in [-0.25, -0.2) is 8.42 Å². The Balaban J connectivity index is 1.95. The summed E-state index contributed by atoms with van der Waals surface area (Å²) in [6.07, 6.45) is 1.55. The quantitative estimate of drug-likeness (QED) is 0.754. The maximum Gasteiger partial charge on any atom is 0.243 e. The van der Waals surface area contributed by atoms with E-state index in [2.05, 4.69) is 11.9 Å². The fraction of sp³-hybridized carbons (Fsp3) is 0.235. The summed E-state index contributed by atoms with van der Waals surface area (Å²) in [5.74, 6) is -0.491. The van der Waals surface area contributed by atoms with Crippen LogP contribution in [0.25, 0.3) is 0 Å². The molecule has 1 N–H and O–H groups in total. The molecule has 3 rings (SSSR count). The maximum atomic E-state index is 13.1. The molecule has 1 aromatic heterocycles. The summed E-state index contributed by atoms with van der Waals surface area (Å²) in [5.41, 5.74) is 1.36. The average Bonchev–Trinajstić information content (AvgIpc) is 3.10. The maximum absolute atomic E-state index is 13.1. The number of rotatable bonds is 6. The first-order chi connectivity index (χ1) is 11.8. The molecule has 2 heterocycles. The lowest BCUT2D eigenvalue weighted by molar-refractivity contribution is -0.116. The fourth-order valence-electron chi connectivity index (χ4n) is 2.71. The van der Waals surface area contributed by atoms with Crippen molar-refractivity contribution >= 4 is 44.6 Å². The molecule has 1 aromatic carbocycles. The highest BCUT2D eigenvalue weighted by Crippen LogP contribution is 2.35. The van der Waals surface area contributed by atoms with Crippen LogP contribution in [-0.4, -0.2) is 25.2 Å². The van der Waals surface area contributed by atoms with Gasteiger partial charge in [0.1, 0.15) is 0 Å². The number of fused-ring (bicyclic) bond motifs is 1. The minimum Gasteiger partial charge on any atom is -0.325 e. The molecule has 0 fully saturated rings. The Bertz CT molecular complexity index is 937. The van der Waals surface area contributed by atoms with Crippen LogP contribution < -0.4 is 5.32 Å². The molecule has 0 saturated carbocycles. The molecule has 1 aliphatic rings. The van der Waals surface area contributed by atoms with Crippen LogP contribution in [0.15, 0.2) is 47.9 Å². The number of hydrogen-bond donors (Lipinski definition) is 1. The normalized spacial score (nSPS) is 16.8. The number of halogens is 1. The van der Waals surface area contributed by atoms with Crippen LogP contribution in [-0.2, 0) is 21.4 Å². The first-order valence-corrected chi connectivity index (χ1v) is 10.3. The molecule has 0 saturated heterocycles. The van der Waals surface area contributed by atoms with Gasteiger partial charge in [-0.3, -0.25) is 4.79 Å². The highest BCUT2D eigenvalue weighted by atomic mass is 35.5. The molecule has 0 spiro atoms.